The fourth-order valence-corrected chi connectivity index (χ4v) is 3.21. The molecule has 2 rings (SSSR count). The van der Waals surface area contributed by atoms with Crippen LogP contribution in [-0.2, 0) is 4.79 Å². The van der Waals surface area contributed by atoms with Crippen molar-refractivity contribution in [1.82, 2.24) is 10.2 Å². The van der Waals surface area contributed by atoms with Gasteiger partial charge in [0.05, 0.1) is 6.04 Å². The lowest BCUT2D eigenvalue weighted by Crippen LogP contribution is -2.62. The molecule has 2 N–H and O–H groups in total. The molecule has 1 aliphatic carbocycles. The van der Waals surface area contributed by atoms with E-state index in [4.69, 9.17) is 5.11 Å². The minimum absolute atomic E-state index is 0.0929. The van der Waals surface area contributed by atoms with Gasteiger partial charge in [-0.05, 0) is 26.2 Å². The van der Waals surface area contributed by atoms with E-state index < -0.39 is 0 Å². The fraction of sp³-hybridized carbons (Fsp3) is 0.923. The molecule has 0 aromatic heterocycles. The van der Waals surface area contributed by atoms with Crippen LogP contribution in [0.1, 0.15) is 45.4 Å². The molecular weight excluding hydrogens is 216 g/mol. The molecule has 98 valence electrons. The molecule has 0 bridgehead atoms. The van der Waals surface area contributed by atoms with Crippen LogP contribution in [0.15, 0.2) is 0 Å². The number of nitrogens with zero attached hydrogens (tertiary/aromatic N) is 1. The van der Waals surface area contributed by atoms with Gasteiger partial charge in [0.1, 0.15) is 0 Å². The molecule has 17 heavy (non-hydrogen) atoms. The van der Waals surface area contributed by atoms with Crippen LogP contribution < -0.4 is 5.32 Å². The molecule has 2 atom stereocenters. The van der Waals surface area contributed by atoms with Crippen LogP contribution in [0.2, 0.25) is 0 Å². The predicted octanol–water partition coefficient (Wildman–Crippen LogP) is 0.890. The second-order valence-corrected chi connectivity index (χ2v) is 5.43. The van der Waals surface area contributed by atoms with Crippen LogP contribution in [0.25, 0.3) is 0 Å². The Hall–Kier alpha value is -0.610. The number of amides is 1. The van der Waals surface area contributed by atoms with Crippen molar-refractivity contribution < 1.29 is 9.90 Å². The van der Waals surface area contributed by atoms with Gasteiger partial charge in [0.15, 0.2) is 0 Å². The van der Waals surface area contributed by atoms with E-state index in [0.29, 0.717) is 12.5 Å². The lowest BCUT2D eigenvalue weighted by Gasteiger charge is -2.44. The summed E-state index contributed by atoms with van der Waals surface area (Å²) in [5.41, 5.74) is 0. The second kappa shape index (κ2) is 5.83. The number of aliphatic hydroxyl groups excluding tert-OH is 1. The van der Waals surface area contributed by atoms with E-state index >= 15 is 0 Å². The molecule has 1 saturated heterocycles. The summed E-state index contributed by atoms with van der Waals surface area (Å²) in [6, 6.07) is 0.674. The van der Waals surface area contributed by atoms with Crippen LogP contribution in [-0.4, -0.2) is 47.2 Å². The first kappa shape index (κ1) is 12.8. The second-order valence-electron chi connectivity index (χ2n) is 5.43. The number of carbonyl (C=O) groups excluding carboxylic acids is 1. The van der Waals surface area contributed by atoms with Gasteiger partial charge >= 0.3 is 0 Å². The topological polar surface area (TPSA) is 52.6 Å². The van der Waals surface area contributed by atoms with Crippen molar-refractivity contribution in [2.24, 2.45) is 0 Å². The van der Waals surface area contributed by atoms with Crippen molar-refractivity contribution in [3.05, 3.63) is 0 Å². The monoisotopic (exact) mass is 240 g/mol. The molecule has 1 amide bonds. The Morgan fingerprint density at radius 3 is 2.71 bits per heavy atom. The lowest BCUT2D eigenvalue weighted by molar-refractivity contribution is -0.133. The average Bonchev–Trinajstić information content (AvgIpc) is 2.33. The van der Waals surface area contributed by atoms with E-state index in [-0.39, 0.29) is 24.6 Å². The van der Waals surface area contributed by atoms with Crippen molar-refractivity contribution in [1.29, 1.82) is 0 Å². The molecule has 4 heteroatoms. The quantitative estimate of drug-likeness (QED) is 0.770. The van der Waals surface area contributed by atoms with Gasteiger partial charge < -0.3 is 10.4 Å². The molecule has 4 nitrogen and oxygen atoms in total. The molecule has 0 spiro atoms. The third-order valence-electron chi connectivity index (χ3n) is 4.02. The summed E-state index contributed by atoms with van der Waals surface area (Å²) in [6.45, 7) is 3.08. The first-order valence-electron chi connectivity index (χ1n) is 6.89. The highest BCUT2D eigenvalue weighted by atomic mass is 16.3. The van der Waals surface area contributed by atoms with Gasteiger partial charge in [-0.2, -0.15) is 0 Å². The van der Waals surface area contributed by atoms with Crippen LogP contribution in [0.4, 0.5) is 0 Å². The Morgan fingerprint density at radius 2 is 2.06 bits per heavy atom. The minimum Gasteiger partial charge on any atom is -0.396 e. The Morgan fingerprint density at radius 1 is 1.35 bits per heavy atom. The maximum Gasteiger partial charge on any atom is 0.237 e. The van der Waals surface area contributed by atoms with Crippen molar-refractivity contribution in [2.75, 3.05) is 13.2 Å². The van der Waals surface area contributed by atoms with E-state index in [1.807, 2.05) is 0 Å². The first-order chi connectivity index (χ1) is 8.22. The van der Waals surface area contributed by atoms with Crippen molar-refractivity contribution >= 4 is 5.91 Å². The zero-order chi connectivity index (χ0) is 12.3. The number of piperazine rings is 1. The van der Waals surface area contributed by atoms with Gasteiger partial charge in [0, 0.05) is 25.2 Å². The van der Waals surface area contributed by atoms with Crippen LogP contribution in [0, 0.1) is 0 Å². The number of aliphatic hydroxyl groups is 1. The van der Waals surface area contributed by atoms with Gasteiger partial charge in [0.2, 0.25) is 5.91 Å². The predicted molar refractivity (Wildman–Crippen MR) is 66.7 cm³/mol. The normalized spacial score (nSPS) is 32.5. The van der Waals surface area contributed by atoms with E-state index in [2.05, 4.69) is 17.1 Å². The summed E-state index contributed by atoms with van der Waals surface area (Å²) in [7, 11) is 0. The molecule has 0 aromatic carbocycles. The third kappa shape index (κ3) is 2.99. The van der Waals surface area contributed by atoms with Crippen LogP contribution >= 0.6 is 0 Å². The van der Waals surface area contributed by atoms with E-state index in [0.717, 1.165) is 6.54 Å². The minimum atomic E-state index is -0.112. The van der Waals surface area contributed by atoms with Crippen LogP contribution in [0.3, 0.4) is 0 Å². The van der Waals surface area contributed by atoms with Gasteiger partial charge in [-0.25, -0.2) is 0 Å². The molecule has 2 unspecified atom stereocenters. The standard InChI is InChI=1S/C13H24N2O2/c1-10-9-15(11-5-3-2-4-6-11)12(7-8-16)13(17)14-10/h10-12,16H,2-9H2,1H3,(H,14,17). The molecule has 2 aliphatic rings. The number of hydrogen-bond donors (Lipinski definition) is 2. The highest BCUT2D eigenvalue weighted by molar-refractivity contribution is 5.82. The SMILES string of the molecule is CC1CN(C2CCCCC2)C(CCO)C(=O)N1. The summed E-state index contributed by atoms with van der Waals surface area (Å²) in [5.74, 6) is 0.100. The average molecular weight is 240 g/mol. The summed E-state index contributed by atoms with van der Waals surface area (Å²) in [5, 5.41) is 12.1. The van der Waals surface area contributed by atoms with E-state index in [1.54, 1.807) is 0 Å². The largest absolute Gasteiger partial charge is 0.396 e. The van der Waals surface area contributed by atoms with Gasteiger partial charge in [-0.1, -0.05) is 19.3 Å². The molecule has 1 aliphatic heterocycles. The van der Waals surface area contributed by atoms with Gasteiger partial charge in [0.25, 0.3) is 0 Å². The zero-order valence-corrected chi connectivity index (χ0v) is 10.7. The highest BCUT2D eigenvalue weighted by Crippen LogP contribution is 2.26. The number of hydrogen-bond acceptors (Lipinski definition) is 3. The third-order valence-corrected chi connectivity index (χ3v) is 4.02. The molecule has 2 fully saturated rings. The Kier molecular flexibility index (Phi) is 4.40. The first-order valence-corrected chi connectivity index (χ1v) is 6.89. The molecule has 1 heterocycles. The summed E-state index contributed by atoms with van der Waals surface area (Å²) in [6.07, 6.45) is 6.88. The Bertz CT molecular complexity index is 264. The summed E-state index contributed by atoms with van der Waals surface area (Å²) < 4.78 is 0. The Balaban J connectivity index is 2.05. The van der Waals surface area contributed by atoms with Crippen molar-refractivity contribution in [2.45, 2.75) is 63.6 Å². The maximum absolute atomic E-state index is 12.0. The number of rotatable bonds is 3. The Labute approximate surface area is 103 Å². The lowest BCUT2D eigenvalue weighted by atomic mass is 9.91. The summed E-state index contributed by atoms with van der Waals surface area (Å²) in [4.78, 5) is 14.3. The van der Waals surface area contributed by atoms with E-state index in [9.17, 15) is 4.79 Å². The van der Waals surface area contributed by atoms with Crippen molar-refractivity contribution in [3.63, 3.8) is 0 Å². The zero-order valence-electron chi connectivity index (χ0n) is 10.7. The van der Waals surface area contributed by atoms with E-state index in [1.165, 1.54) is 32.1 Å². The maximum atomic E-state index is 12.0. The van der Waals surface area contributed by atoms with Crippen molar-refractivity contribution in [3.8, 4) is 0 Å². The van der Waals surface area contributed by atoms with Gasteiger partial charge in [-0.3, -0.25) is 9.69 Å². The molecule has 1 saturated carbocycles. The molecular formula is C13H24N2O2. The number of carbonyl (C=O) groups is 1. The number of nitrogens with one attached hydrogen (secondary N) is 1. The highest BCUT2D eigenvalue weighted by Gasteiger charge is 2.36. The van der Waals surface area contributed by atoms with Crippen LogP contribution in [0.5, 0.6) is 0 Å². The fourth-order valence-electron chi connectivity index (χ4n) is 3.21. The smallest absolute Gasteiger partial charge is 0.237 e. The molecule has 0 radical (unpaired) electrons. The summed E-state index contributed by atoms with van der Waals surface area (Å²) >= 11 is 0. The molecule has 0 aromatic rings. The van der Waals surface area contributed by atoms with Gasteiger partial charge in [-0.15, -0.1) is 0 Å².